The van der Waals surface area contributed by atoms with Crippen molar-refractivity contribution in [1.29, 1.82) is 0 Å². The van der Waals surface area contributed by atoms with E-state index in [4.69, 9.17) is 29.6 Å². The van der Waals surface area contributed by atoms with Crippen LogP contribution in [0, 0.1) is 0 Å². The van der Waals surface area contributed by atoms with Gasteiger partial charge in [-0.05, 0) is 9.84 Å². The summed E-state index contributed by atoms with van der Waals surface area (Å²) in [7, 11) is -12.9. The number of fused-ring (bicyclic) bond motifs is 1. The van der Waals surface area contributed by atoms with Crippen molar-refractivity contribution in [3.63, 3.8) is 0 Å². The molecule has 0 saturated carbocycles. The van der Waals surface area contributed by atoms with E-state index in [9.17, 15) is 14.4 Å². The highest BCUT2D eigenvalue weighted by molar-refractivity contribution is 7.76. The van der Waals surface area contributed by atoms with Crippen molar-refractivity contribution in [2.45, 2.75) is 24.9 Å². The first-order chi connectivity index (χ1) is 16.2. The zero-order valence-corrected chi connectivity index (χ0v) is 19.2. The minimum atomic E-state index is -4.60. The first kappa shape index (κ1) is 24.0. The molecule has 3 unspecified atom stereocenters. The number of phosphoric acid groups is 1. The Labute approximate surface area is 189 Å². The van der Waals surface area contributed by atoms with Gasteiger partial charge in [-0.15, -0.1) is 4.52 Å². The fourth-order valence-electron chi connectivity index (χ4n) is 3.17. The van der Waals surface area contributed by atoms with E-state index in [0.29, 0.717) is 11.2 Å². The van der Waals surface area contributed by atoms with Crippen molar-refractivity contribution in [2.75, 3.05) is 19.1 Å². The average molecular weight is 544 g/mol. The molecule has 23 heteroatoms. The zero-order valence-electron chi connectivity index (χ0n) is 16.5. The molecule has 3 aliphatic heterocycles. The molecular weight excluding hydrogens is 529 g/mol. The molecule has 3 saturated heterocycles. The van der Waals surface area contributed by atoms with Crippen LogP contribution >= 0.6 is 24.2 Å². The van der Waals surface area contributed by atoms with Crippen LogP contribution in [0.15, 0.2) is 17.8 Å². The lowest BCUT2D eigenvalue weighted by atomic mass is 10.2. The van der Waals surface area contributed by atoms with Gasteiger partial charge in [0.05, 0.1) is 21.8 Å². The molecule has 184 valence electrons. The summed E-state index contributed by atoms with van der Waals surface area (Å²) in [5.41, 5.74) is 15.1. The molecule has 3 fully saturated rings. The fourth-order valence-corrected chi connectivity index (χ4v) is 8.15. The highest BCUT2D eigenvalue weighted by atomic mass is 31.3. The maximum Gasteiger partial charge on any atom is 0.698 e. The van der Waals surface area contributed by atoms with Crippen LogP contribution < -0.4 is 5.73 Å². The normalized spacial score (nSPS) is 37.5. The molecule has 0 radical (unpaired) electrons. The Hall–Kier alpha value is -1.69. The van der Waals surface area contributed by atoms with Crippen molar-refractivity contribution in [3.05, 3.63) is 23.1 Å². The highest BCUT2D eigenvalue weighted by Gasteiger charge is 2.85. The van der Waals surface area contributed by atoms with Gasteiger partial charge < -0.3 is 15.2 Å². The second-order valence-electron chi connectivity index (χ2n) is 6.65. The molecule has 20 nitrogen and oxygen atoms in total. The van der Waals surface area contributed by atoms with Crippen LogP contribution in [-0.2, 0) is 45.9 Å². The third-order valence-electron chi connectivity index (χ3n) is 4.53. The summed E-state index contributed by atoms with van der Waals surface area (Å²) in [6.45, 7) is -0.686. The molecule has 3 aliphatic rings. The molecular formula is C11H15N8O12P3+2. The summed E-state index contributed by atoms with van der Waals surface area (Å²) in [6.07, 6.45) is 0.772. The van der Waals surface area contributed by atoms with Crippen LogP contribution in [0.25, 0.3) is 21.6 Å². The molecule has 0 amide bonds. The molecule has 5 rings (SSSR count). The molecule has 6 atom stereocenters. The van der Waals surface area contributed by atoms with Gasteiger partial charge in [-0.1, -0.05) is 9.79 Å². The van der Waals surface area contributed by atoms with Gasteiger partial charge >= 0.3 is 24.2 Å². The number of ether oxygens (including phenoxy) is 2. The highest BCUT2D eigenvalue weighted by Crippen LogP contribution is 2.91. The number of anilines is 1. The smallest absolute Gasteiger partial charge is 0.382 e. The number of azide groups is 1. The van der Waals surface area contributed by atoms with E-state index < -0.39 is 42.6 Å². The minimum Gasteiger partial charge on any atom is -0.382 e. The maximum atomic E-state index is 11.4. The van der Waals surface area contributed by atoms with Gasteiger partial charge in [-0.3, -0.25) is 9.46 Å². The molecule has 4 N–H and O–H groups in total. The second kappa shape index (κ2) is 9.07. The predicted octanol–water partition coefficient (Wildman–Crippen LogP) is 1.77. The summed E-state index contributed by atoms with van der Waals surface area (Å²) in [5.74, 6) is 0.186. The number of imidazole rings is 1. The first-order valence-corrected chi connectivity index (χ1v) is 13.5. The van der Waals surface area contributed by atoms with Gasteiger partial charge in [0.25, 0.3) is 0 Å². The minimum absolute atomic E-state index is 0.186. The molecule has 34 heavy (non-hydrogen) atoms. The van der Waals surface area contributed by atoms with Gasteiger partial charge in [-0.25, -0.2) is 19.5 Å². The van der Waals surface area contributed by atoms with Gasteiger partial charge in [0.15, 0.2) is 11.5 Å². The van der Waals surface area contributed by atoms with Crippen molar-refractivity contribution in [2.24, 2.45) is 5.11 Å². The van der Waals surface area contributed by atoms with E-state index >= 15 is 0 Å². The van der Waals surface area contributed by atoms with Crippen LogP contribution in [-0.4, -0.2) is 54.9 Å². The van der Waals surface area contributed by atoms with Gasteiger partial charge in [0.1, 0.15) is 41.8 Å². The van der Waals surface area contributed by atoms with E-state index in [-0.39, 0.29) is 25.6 Å². The Morgan fingerprint density at radius 3 is 3.00 bits per heavy atom. The van der Waals surface area contributed by atoms with Crippen LogP contribution in [0.1, 0.15) is 12.6 Å². The average Bonchev–Trinajstić information content (AvgIpc) is 3.53. The SMILES string of the molecule is [N-]=[N+]=NCO[C@@H]1C[C@H](n2cnc3c(N)ncnc32)O[C@@H]1CO[P+]1(O)OO[P+]2(OOP(=O)(O)O2)O1. The van der Waals surface area contributed by atoms with E-state index in [1.54, 1.807) is 4.57 Å². The Kier molecular flexibility index (Phi) is 6.41. The molecule has 5 heterocycles. The Balaban J connectivity index is 1.29. The third-order valence-corrected chi connectivity index (χ3v) is 9.53. The molecule has 2 aromatic heterocycles. The Bertz CT molecular complexity index is 1180. The summed E-state index contributed by atoms with van der Waals surface area (Å²) in [5, 5.41) is 3.33. The lowest BCUT2D eigenvalue weighted by molar-refractivity contribution is -0.162. The summed E-state index contributed by atoms with van der Waals surface area (Å²) >= 11 is 0. The number of nitrogens with zero attached hydrogens (tertiary/aromatic N) is 7. The standard InChI is InChI=1S/C11H14N8O12P3/c12-10-9-11(15-3-14-10)19(4-16-9)8-1-6(23-5-17-18-13)7(25-8)2-24-33(22)27-29-34(31-33)28-26-32(20,21)30-34/h3-4,6-8,22H,1-2,5H2,(H2-,12,14,15,20,21)/q+1/p+1/t6-,7-,8-,33?,34?/m1/s1. The number of hydrogen-bond donors (Lipinski definition) is 3. The summed E-state index contributed by atoms with van der Waals surface area (Å²) in [6, 6.07) is 0. The van der Waals surface area contributed by atoms with E-state index in [1.165, 1.54) is 12.7 Å². The molecule has 2 aromatic rings. The van der Waals surface area contributed by atoms with Crippen molar-refractivity contribution < 1.29 is 55.7 Å². The van der Waals surface area contributed by atoms with Crippen LogP contribution in [0.2, 0.25) is 0 Å². The topological polar surface area (TPSA) is 259 Å². The van der Waals surface area contributed by atoms with E-state index in [2.05, 4.69) is 48.0 Å². The predicted molar refractivity (Wildman–Crippen MR) is 105 cm³/mol. The summed E-state index contributed by atoms with van der Waals surface area (Å²) in [4.78, 5) is 34.5. The molecule has 1 spiro atoms. The monoisotopic (exact) mass is 544 g/mol. The quantitative estimate of drug-likeness (QED) is 0.147. The Morgan fingerprint density at radius 1 is 1.38 bits per heavy atom. The van der Waals surface area contributed by atoms with Gasteiger partial charge in [0.2, 0.25) is 0 Å². The number of nitrogen functional groups attached to an aromatic ring is 1. The van der Waals surface area contributed by atoms with Crippen LogP contribution in [0.3, 0.4) is 0 Å². The number of rotatable bonds is 7. The number of hydrogen-bond acceptors (Lipinski definition) is 16. The zero-order chi connectivity index (χ0) is 24.0. The van der Waals surface area contributed by atoms with Crippen molar-refractivity contribution in [1.82, 2.24) is 19.5 Å². The second-order valence-corrected chi connectivity index (χ2v) is 11.6. The largest absolute Gasteiger partial charge is 0.698 e. The lowest BCUT2D eigenvalue weighted by Crippen LogP contribution is -2.29. The molecule has 0 aromatic carbocycles. The molecule has 0 bridgehead atoms. The van der Waals surface area contributed by atoms with Gasteiger partial charge in [-0.2, -0.15) is 4.89 Å². The van der Waals surface area contributed by atoms with Crippen LogP contribution in [0.5, 0.6) is 0 Å². The third kappa shape index (κ3) is 4.72. The molecule has 0 aliphatic carbocycles. The van der Waals surface area contributed by atoms with E-state index in [0.717, 1.165) is 0 Å². The summed E-state index contributed by atoms with van der Waals surface area (Å²) < 4.78 is 57.1. The number of nitrogens with two attached hydrogens (primary N) is 1. The van der Waals surface area contributed by atoms with Gasteiger partial charge in [0, 0.05) is 16.0 Å². The number of aromatic nitrogens is 4. The fraction of sp³-hybridized carbons (Fsp3) is 0.545. The Morgan fingerprint density at radius 2 is 2.24 bits per heavy atom. The van der Waals surface area contributed by atoms with Crippen molar-refractivity contribution in [3.8, 4) is 0 Å². The maximum absolute atomic E-state index is 11.4. The van der Waals surface area contributed by atoms with E-state index in [1.807, 2.05) is 0 Å². The lowest BCUT2D eigenvalue weighted by Gasteiger charge is -2.16. The first-order valence-electron chi connectivity index (χ1n) is 9.09. The van der Waals surface area contributed by atoms with Crippen LogP contribution in [0.4, 0.5) is 5.82 Å². The van der Waals surface area contributed by atoms with Crippen molar-refractivity contribution >= 4 is 41.1 Å².